The SMILES string of the molecule is O=C1NC(=Cc2ccc3c(-c4ccccc4)cccc3n2)c2c(Cl)c(Cl)c(Cl)c(Cl)c21. The van der Waals surface area contributed by atoms with Gasteiger partial charge < -0.3 is 5.32 Å². The lowest BCUT2D eigenvalue weighted by molar-refractivity contribution is 0.0981. The molecule has 0 fully saturated rings. The molecule has 0 unspecified atom stereocenters. The van der Waals surface area contributed by atoms with Crippen LogP contribution in [0.15, 0.2) is 60.7 Å². The maximum Gasteiger partial charge on any atom is 0.257 e. The fourth-order valence-corrected chi connectivity index (χ4v) is 4.76. The molecule has 0 saturated carbocycles. The number of halogens is 4. The van der Waals surface area contributed by atoms with Crippen molar-refractivity contribution < 1.29 is 4.79 Å². The van der Waals surface area contributed by atoms with E-state index in [9.17, 15) is 4.79 Å². The number of nitrogens with one attached hydrogen (secondary N) is 1. The van der Waals surface area contributed by atoms with E-state index in [1.165, 1.54) is 0 Å². The Morgan fingerprint density at radius 2 is 1.45 bits per heavy atom. The molecular formula is C24H12Cl4N2O. The van der Waals surface area contributed by atoms with Crippen molar-refractivity contribution >= 4 is 75.0 Å². The lowest BCUT2D eigenvalue weighted by Gasteiger charge is -2.09. The molecule has 0 bridgehead atoms. The van der Waals surface area contributed by atoms with Crippen molar-refractivity contribution in [1.82, 2.24) is 10.3 Å². The molecule has 0 aliphatic carbocycles. The summed E-state index contributed by atoms with van der Waals surface area (Å²) in [6, 6.07) is 20.0. The molecular weight excluding hydrogens is 474 g/mol. The molecule has 2 heterocycles. The second-order valence-electron chi connectivity index (χ2n) is 6.99. The Morgan fingerprint density at radius 1 is 0.742 bits per heavy atom. The summed E-state index contributed by atoms with van der Waals surface area (Å²) < 4.78 is 0. The number of carbonyl (C=O) groups excluding carboxylic acids is 1. The lowest BCUT2D eigenvalue weighted by atomic mass is 10.0. The Labute approximate surface area is 198 Å². The first kappa shape index (κ1) is 20.3. The molecule has 1 N–H and O–H groups in total. The average Bonchev–Trinajstić information content (AvgIpc) is 3.11. The van der Waals surface area contributed by atoms with Crippen molar-refractivity contribution in [3.05, 3.63) is 97.6 Å². The van der Waals surface area contributed by atoms with E-state index in [1.54, 1.807) is 6.08 Å². The van der Waals surface area contributed by atoms with Gasteiger partial charge in [-0.05, 0) is 29.3 Å². The summed E-state index contributed by atoms with van der Waals surface area (Å²) in [4.78, 5) is 17.3. The van der Waals surface area contributed by atoms with E-state index in [2.05, 4.69) is 23.5 Å². The molecule has 4 aromatic rings. The minimum Gasteiger partial charge on any atom is -0.321 e. The van der Waals surface area contributed by atoms with Crippen molar-refractivity contribution in [3.63, 3.8) is 0 Å². The van der Waals surface area contributed by atoms with E-state index < -0.39 is 0 Å². The van der Waals surface area contributed by atoms with Crippen molar-refractivity contribution in [2.75, 3.05) is 0 Å². The Bertz CT molecular complexity index is 1410. The molecule has 5 rings (SSSR count). The minimum absolute atomic E-state index is 0.0563. The number of rotatable bonds is 2. The second kappa shape index (κ2) is 7.85. The maximum absolute atomic E-state index is 12.5. The molecule has 1 aromatic heterocycles. The summed E-state index contributed by atoms with van der Waals surface area (Å²) in [5.74, 6) is -0.390. The van der Waals surface area contributed by atoms with Crippen LogP contribution in [-0.2, 0) is 0 Å². The van der Waals surface area contributed by atoms with Gasteiger partial charge in [0.25, 0.3) is 5.91 Å². The number of nitrogens with zero attached hydrogens (tertiary/aromatic N) is 1. The fraction of sp³-hybridized carbons (Fsp3) is 0. The highest BCUT2D eigenvalue weighted by Crippen LogP contribution is 2.46. The van der Waals surface area contributed by atoms with E-state index in [0.29, 0.717) is 17.0 Å². The zero-order valence-electron chi connectivity index (χ0n) is 15.7. The third-order valence-corrected chi connectivity index (χ3v) is 6.94. The smallest absolute Gasteiger partial charge is 0.257 e. The number of amides is 1. The van der Waals surface area contributed by atoms with Gasteiger partial charge in [-0.25, -0.2) is 4.98 Å². The molecule has 31 heavy (non-hydrogen) atoms. The molecule has 1 aliphatic heterocycles. The van der Waals surface area contributed by atoms with E-state index >= 15 is 0 Å². The van der Waals surface area contributed by atoms with Crippen LogP contribution in [0.2, 0.25) is 20.1 Å². The molecule has 1 amide bonds. The van der Waals surface area contributed by atoms with Crippen molar-refractivity contribution in [3.8, 4) is 11.1 Å². The van der Waals surface area contributed by atoms with Crippen LogP contribution in [0.3, 0.4) is 0 Å². The predicted octanol–water partition coefficient (Wildman–Crippen LogP) is 7.76. The van der Waals surface area contributed by atoms with Crippen LogP contribution in [-0.4, -0.2) is 10.9 Å². The standard InChI is InChI=1S/C24H12Cl4N2O/c25-20-18-17(30-24(31)19(18)21(26)23(28)22(20)27)11-13-9-10-15-14(7-4-8-16(15)29-13)12-5-2-1-3-6-12/h1-11H,(H,30,31). The summed E-state index contributed by atoms with van der Waals surface area (Å²) in [5.41, 5.74) is 4.80. The first-order valence-corrected chi connectivity index (χ1v) is 10.8. The third kappa shape index (κ3) is 3.38. The lowest BCUT2D eigenvalue weighted by Crippen LogP contribution is -2.12. The normalized spacial score (nSPS) is 14.2. The molecule has 0 atom stereocenters. The number of pyridine rings is 1. The quantitative estimate of drug-likeness (QED) is 0.233. The van der Waals surface area contributed by atoms with Gasteiger partial charge >= 0.3 is 0 Å². The Morgan fingerprint density at radius 3 is 2.19 bits per heavy atom. The molecule has 3 nitrogen and oxygen atoms in total. The van der Waals surface area contributed by atoms with Gasteiger partial charge in [0, 0.05) is 10.9 Å². The first-order chi connectivity index (χ1) is 15.0. The van der Waals surface area contributed by atoms with Crippen LogP contribution in [0.5, 0.6) is 0 Å². The van der Waals surface area contributed by atoms with Gasteiger partial charge in [0.1, 0.15) is 0 Å². The zero-order chi connectivity index (χ0) is 21.7. The van der Waals surface area contributed by atoms with Crippen LogP contribution < -0.4 is 5.32 Å². The van der Waals surface area contributed by atoms with Gasteiger partial charge in [-0.3, -0.25) is 4.79 Å². The van der Waals surface area contributed by atoms with Crippen LogP contribution >= 0.6 is 46.4 Å². The van der Waals surface area contributed by atoms with E-state index in [0.717, 1.165) is 22.0 Å². The molecule has 0 spiro atoms. The molecule has 7 heteroatoms. The first-order valence-electron chi connectivity index (χ1n) is 9.30. The third-order valence-electron chi connectivity index (χ3n) is 5.14. The highest BCUT2D eigenvalue weighted by Gasteiger charge is 2.32. The summed E-state index contributed by atoms with van der Waals surface area (Å²) in [6.45, 7) is 0. The van der Waals surface area contributed by atoms with Crippen LogP contribution in [0.4, 0.5) is 0 Å². The summed E-state index contributed by atoms with van der Waals surface area (Å²) in [7, 11) is 0. The van der Waals surface area contributed by atoms with Gasteiger partial charge in [-0.15, -0.1) is 0 Å². The number of benzene rings is 3. The van der Waals surface area contributed by atoms with Gasteiger partial charge in [-0.1, -0.05) is 94.9 Å². The fourth-order valence-electron chi connectivity index (χ4n) is 3.72. The van der Waals surface area contributed by atoms with Gasteiger partial charge in [0.05, 0.1) is 42.6 Å². The highest BCUT2D eigenvalue weighted by atomic mass is 35.5. The number of carbonyl (C=O) groups is 1. The molecule has 152 valence electrons. The van der Waals surface area contributed by atoms with Crippen LogP contribution in [0.25, 0.3) is 33.8 Å². The minimum atomic E-state index is -0.390. The Balaban J connectivity index is 1.64. The van der Waals surface area contributed by atoms with E-state index in [-0.39, 0.29) is 31.6 Å². The number of hydrogen-bond donors (Lipinski definition) is 1. The maximum atomic E-state index is 12.5. The molecule has 1 aliphatic rings. The Hall–Kier alpha value is -2.56. The number of aromatic nitrogens is 1. The van der Waals surface area contributed by atoms with Crippen LogP contribution in [0, 0.1) is 0 Å². The summed E-state index contributed by atoms with van der Waals surface area (Å²) in [5, 5.41) is 4.22. The summed E-state index contributed by atoms with van der Waals surface area (Å²) >= 11 is 25.0. The predicted molar refractivity (Wildman–Crippen MR) is 129 cm³/mol. The number of hydrogen-bond acceptors (Lipinski definition) is 2. The zero-order valence-corrected chi connectivity index (χ0v) is 18.7. The average molecular weight is 486 g/mol. The van der Waals surface area contributed by atoms with Crippen molar-refractivity contribution in [2.45, 2.75) is 0 Å². The molecule has 0 radical (unpaired) electrons. The number of fused-ring (bicyclic) bond motifs is 2. The van der Waals surface area contributed by atoms with Gasteiger partial charge in [0.2, 0.25) is 0 Å². The van der Waals surface area contributed by atoms with Crippen LogP contribution in [0.1, 0.15) is 21.6 Å². The molecule has 0 saturated heterocycles. The van der Waals surface area contributed by atoms with Crippen molar-refractivity contribution in [2.24, 2.45) is 0 Å². The Kier molecular flexibility index (Phi) is 5.15. The van der Waals surface area contributed by atoms with E-state index in [1.807, 2.05) is 42.5 Å². The molecule has 3 aromatic carbocycles. The monoisotopic (exact) mass is 484 g/mol. The van der Waals surface area contributed by atoms with E-state index in [4.69, 9.17) is 51.4 Å². The topological polar surface area (TPSA) is 42.0 Å². The summed E-state index contributed by atoms with van der Waals surface area (Å²) in [6.07, 6.45) is 1.74. The second-order valence-corrected chi connectivity index (χ2v) is 8.50. The largest absolute Gasteiger partial charge is 0.321 e. The van der Waals surface area contributed by atoms with Gasteiger partial charge in [0.15, 0.2) is 0 Å². The van der Waals surface area contributed by atoms with Gasteiger partial charge in [-0.2, -0.15) is 0 Å². The highest BCUT2D eigenvalue weighted by molar-refractivity contribution is 6.54. The van der Waals surface area contributed by atoms with Crippen molar-refractivity contribution in [1.29, 1.82) is 0 Å².